The third kappa shape index (κ3) is 7.95. The molecule has 1 aliphatic carbocycles. The van der Waals surface area contributed by atoms with Crippen molar-refractivity contribution in [3.05, 3.63) is 78.4 Å². The zero-order chi connectivity index (χ0) is 28.8. The summed E-state index contributed by atoms with van der Waals surface area (Å²) >= 11 is 0. The van der Waals surface area contributed by atoms with Gasteiger partial charge in [-0.25, -0.2) is 13.2 Å². The van der Waals surface area contributed by atoms with Gasteiger partial charge in [0.05, 0.1) is 10.9 Å². The van der Waals surface area contributed by atoms with Crippen molar-refractivity contribution in [2.24, 2.45) is 11.8 Å². The number of carbonyl (C=O) groups excluding carboxylic acids is 2. The van der Waals surface area contributed by atoms with Gasteiger partial charge in [-0.3, -0.25) is 4.79 Å². The second-order valence-electron chi connectivity index (χ2n) is 11.5. The predicted molar refractivity (Wildman–Crippen MR) is 153 cm³/mol. The second-order valence-corrected chi connectivity index (χ2v) is 13.4. The number of nitrogens with zero attached hydrogens (tertiary/aromatic N) is 2. The van der Waals surface area contributed by atoms with Crippen molar-refractivity contribution < 1.29 is 27.5 Å². The number of benzene rings is 2. The van der Waals surface area contributed by atoms with Crippen molar-refractivity contribution in [1.82, 2.24) is 9.21 Å². The highest BCUT2D eigenvalue weighted by atomic mass is 32.2. The van der Waals surface area contributed by atoms with Crippen molar-refractivity contribution in [2.75, 3.05) is 19.6 Å². The van der Waals surface area contributed by atoms with Crippen LogP contribution in [0.4, 0.5) is 4.79 Å². The van der Waals surface area contributed by atoms with Crippen LogP contribution in [0, 0.1) is 11.8 Å². The highest BCUT2D eigenvalue weighted by Crippen LogP contribution is 2.36. The van der Waals surface area contributed by atoms with Crippen LogP contribution in [0.2, 0.25) is 0 Å². The van der Waals surface area contributed by atoms with Crippen LogP contribution >= 0.6 is 0 Å². The maximum absolute atomic E-state index is 13.6. The Balaban J connectivity index is 1.47. The predicted octanol–water partition coefficient (Wildman–Crippen LogP) is 5.40. The minimum atomic E-state index is -3.78. The van der Waals surface area contributed by atoms with Gasteiger partial charge >= 0.3 is 12.1 Å². The van der Waals surface area contributed by atoms with Crippen molar-refractivity contribution in [2.45, 2.75) is 69.6 Å². The smallest absolute Gasteiger partial charge is 0.410 e. The van der Waals surface area contributed by atoms with E-state index in [2.05, 4.69) is 0 Å². The van der Waals surface area contributed by atoms with E-state index in [-0.39, 0.29) is 48.9 Å². The molecule has 0 aromatic heterocycles. The van der Waals surface area contributed by atoms with E-state index in [4.69, 9.17) is 9.47 Å². The molecule has 4 rings (SSSR count). The molecular weight excluding hydrogens is 528 g/mol. The first-order chi connectivity index (χ1) is 19.0. The van der Waals surface area contributed by atoms with E-state index in [1.165, 1.54) is 4.31 Å². The van der Waals surface area contributed by atoms with Gasteiger partial charge in [-0.1, -0.05) is 67.1 Å². The van der Waals surface area contributed by atoms with Gasteiger partial charge in [-0.05, 0) is 63.1 Å². The van der Waals surface area contributed by atoms with Gasteiger partial charge in [-0.2, -0.15) is 4.31 Å². The number of esters is 1. The summed E-state index contributed by atoms with van der Waals surface area (Å²) in [7, 11) is -3.78. The van der Waals surface area contributed by atoms with Crippen molar-refractivity contribution in [3.63, 3.8) is 0 Å². The first-order valence-electron chi connectivity index (χ1n) is 14.0. The number of amides is 1. The van der Waals surface area contributed by atoms with E-state index in [9.17, 15) is 18.0 Å². The lowest BCUT2D eigenvalue weighted by Crippen LogP contribution is -2.56. The van der Waals surface area contributed by atoms with Gasteiger partial charge in [0.25, 0.3) is 0 Å². The molecule has 0 radical (unpaired) electrons. The normalized spacial score (nSPS) is 22.4. The van der Waals surface area contributed by atoms with Crippen LogP contribution < -0.4 is 0 Å². The Morgan fingerprint density at radius 1 is 0.950 bits per heavy atom. The monoisotopic (exact) mass is 568 g/mol. The molecule has 8 nitrogen and oxygen atoms in total. The molecular formula is C31H40N2O6S. The van der Waals surface area contributed by atoms with Gasteiger partial charge in [0, 0.05) is 26.1 Å². The van der Waals surface area contributed by atoms with Gasteiger partial charge in [0.1, 0.15) is 12.2 Å². The van der Waals surface area contributed by atoms with Crippen LogP contribution in [0.15, 0.2) is 77.7 Å². The van der Waals surface area contributed by atoms with Crippen molar-refractivity contribution in [3.8, 4) is 0 Å². The molecule has 3 atom stereocenters. The molecule has 1 aliphatic heterocycles. The van der Waals surface area contributed by atoms with E-state index >= 15 is 0 Å². The van der Waals surface area contributed by atoms with Gasteiger partial charge in [0.15, 0.2) is 0 Å². The number of allylic oxidation sites excluding steroid dienone is 1. The molecule has 2 aromatic carbocycles. The number of hydrogen-bond acceptors (Lipinski definition) is 6. The summed E-state index contributed by atoms with van der Waals surface area (Å²) < 4.78 is 39.7. The van der Waals surface area contributed by atoms with E-state index < -0.39 is 27.8 Å². The Hall–Kier alpha value is -3.17. The van der Waals surface area contributed by atoms with Gasteiger partial charge in [0.2, 0.25) is 10.0 Å². The average molecular weight is 569 g/mol. The number of piperazine rings is 1. The molecule has 1 saturated heterocycles. The third-order valence-electron chi connectivity index (χ3n) is 7.34. The lowest BCUT2D eigenvalue weighted by Gasteiger charge is -2.39. The quantitative estimate of drug-likeness (QED) is 0.313. The molecule has 9 heteroatoms. The van der Waals surface area contributed by atoms with E-state index in [1.54, 1.807) is 35.2 Å². The number of hydrogen-bond donors (Lipinski definition) is 0. The fourth-order valence-corrected chi connectivity index (χ4v) is 6.91. The summed E-state index contributed by atoms with van der Waals surface area (Å²) in [5.74, 6) is 0.0305. The van der Waals surface area contributed by atoms with Crippen molar-refractivity contribution in [1.29, 1.82) is 0 Å². The summed E-state index contributed by atoms with van der Waals surface area (Å²) in [4.78, 5) is 27.2. The molecule has 0 N–H and O–H groups in total. The minimum absolute atomic E-state index is 0.127. The van der Waals surface area contributed by atoms with Crippen LogP contribution in [0.1, 0.15) is 52.0 Å². The van der Waals surface area contributed by atoms with Crippen molar-refractivity contribution >= 4 is 22.1 Å². The Labute approximate surface area is 238 Å². The van der Waals surface area contributed by atoms with Crippen LogP contribution in [0.5, 0.6) is 0 Å². The zero-order valence-corrected chi connectivity index (χ0v) is 24.4. The first kappa shape index (κ1) is 29.8. The minimum Gasteiger partial charge on any atom is -0.461 e. The highest BCUT2D eigenvalue weighted by Gasteiger charge is 2.38. The standard InChI is InChI=1S/C31H40N2O6S/c1-31(2,3)39-30(35)32-19-20-33(40(36,37)28-15-8-5-9-16-28)27(22-32)18-17-25-13-10-14-26(25)21-29(34)38-23-24-11-6-4-7-12-24/h4-9,11-12,15-18,25-27H,10,13-14,19-23H2,1-3H3/b18-17+/t25-,26-,27+/m1/s1. The second kappa shape index (κ2) is 13.0. The van der Waals surface area contributed by atoms with E-state index in [1.807, 2.05) is 63.3 Å². The highest BCUT2D eigenvalue weighted by molar-refractivity contribution is 7.89. The van der Waals surface area contributed by atoms with E-state index in [0.29, 0.717) is 6.42 Å². The number of sulfonamides is 1. The molecule has 0 bridgehead atoms. The molecule has 0 spiro atoms. The Morgan fingerprint density at radius 3 is 2.30 bits per heavy atom. The lowest BCUT2D eigenvalue weighted by atomic mass is 9.92. The summed E-state index contributed by atoms with van der Waals surface area (Å²) in [6, 6.07) is 17.4. The SMILES string of the molecule is CC(C)(C)OC(=O)N1CCN(S(=O)(=O)c2ccccc2)[C@@H](/C=C/[C@H]2CCC[C@@H]2CC(=O)OCc2ccccc2)C1. The Morgan fingerprint density at radius 2 is 1.62 bits per heavy atom. The van der Waals surface area contributed by atoms with Gasteiger partial charge < -0.3 is 14.4 Å². The fourth-order valence-electron chi connectivity index (χ4n) is 5.32. The number of carbonyl (C=O) groups is 2. The van der Waals surface area contributed by atoms with Crippen LogP contribution in [0.25, 0.3) is 0 Å². The molecule has 0 unspecified atom stereocenters. The number of ether oxygens (including phenoxy) is 2. The third-order valence-corrected chi connectivity index (χ3v) is 9.28. The molecule has 2 fully saturated rings. The summed E-state index contributed by atoms with van der Waals surface area (Å²) in [5, 5.41) is 0. The molecule has 1 amide bonds. The molecule has 216 valence electrons. The summed E-state index contributed by atoms with van der Waals surface area (Å²) in [6.07, 6.45) is 6.63. The van der Waals surface area contributed by atoms with E-state index in [0.717, 1.165) is 24.8 Å². The Bertz CT molecular complexity index is 1270. The molecule has 1 saturated carbocycles. The summed E-state index contributed by atoms with van der Waals surface area (Å²) in [5.41, 5.74) is 0.298. The first-order valence-corrected chi connectivity index (χ1v) is 15.4. The number of rotatable bonds is 8. The van der Waals surface area contributed by atoms with Crippen LogP contribution in [-0.4, -0.2) is 61.0 Å². The zero-order valence-electron chi connectivity index (χ0n) is 23.6. The van der Waals surface area contributed by atoms with Gasteiger partial charge in [-0.15, -0.1) is 0 Å². The fraction of sp³-hybridized carbons (Fsp3) is 0.484. The maximum Gasteiger partial charge on any atom is 0.410 e. The molecule has 2 aliphatic rings. The molecule has 2 aromatic rings. The molecule has 1 heterocycles. The lowest BCUT2D eigenvalue weighted by molar-refractivity contribution is -0.146. The Kier molecular flexibility index (Phi) is 9.68. The van der Waals surface area contributed by atoms with Crippen LogP contribution in [0.3, 0.4) is 0 Å². The van der Waals surface area contributed by atoms with Crippen LogP contribution in [-0.2, 0) is 30.9 Å². The topological polar surface area (TPSA) is 93.2 Å². The molecule has 40 heavy (non-hydrogen) atoms. The summed E-state index contributed by atoms with van der Waals surface area (Å²) in [6.45, 7) is 6.27. The largest absolute Gasteiger partial charge is 0.461 e. The average Bonchev–Trinajstić information content (AvgIpc) is 3.37. The maximum atomic E-state index is 13.6.